The van der Waals surface area contributed by atoms with Crippen molar-refractivity contribution in [3.05, 3.63) is 87.0 Å². The minimum absolute atomic E-state index is 0.396. The van der Waals surface area contributed by atoms with E-state index in [2.05, 4.69) is 122 Å². The molecule has 0 fully saturated rings. The standard InChI is InChI=1S/C31H41N3/c1-18(2)26-12-11-13-27(19(3)4)30(26)34-31(32-28-22(7)14-20(5)15-23(28)8)33-29-24(9)16-21(6)17-25(29)10/h11-19H,1-10H3,(H2,32,33,34). The van der Waals surface area contributed by atoms with Crippen molar-refractivity contribution < 1.29 is 0 Å². The molecule has 0 heterocycles. The first-order chi connectivity index (χ1) is 16.0. The third-order valence-corrected chi connectivity index (χ3v) is 6.40. The molecule has 0 aliphatic rings. The normalized spacial score (nSPS) is 11.9. The predicted octanol–water partition coefficient (Wildman–Crippen LogP) is 9.00. The third-order valence-electron chi connectivity index (χ3n) is 6.40. The van der Waals surface area contributed by atoms with Crippen LogP contribution in [0.2, 0.25) is 0 Å². The minimum atomic E-state index is 0.396. The Balaban J connectivity index is 2.20. The molecule has 0 aromatic heterocycles. The maximum Gasteiger partial charge on any atom is 0.205 e. The van der Waals surface area contributed by atoms with Gasteiger partial charge in [0.15, 0.2) is 0 Å². The van der Waals surface area contributed by atoms with Crippen molar-refractivity contribution >= 4 is 23.0 Å². The van der Waals surface area contributed by atoms with E-state index in [1.54, 1.807) is 0 Å². The summed E-state index contributed by atoms with van der Waals surface area (Å²) in [4.78, 5) is 5.19. The lowest BCUT2D eigenvalue weighted by molar-refractivity contribution is 0.839. The summed E-state index contributed by atoms with van der Waals surface area (Å²) >= 11 is 0. The molecule has 0 aliphatic heterocycles. The smallest absolute Gasteiger partial charge is 0.205 e. The largest absolute Gasteiger partial charge is 0.325 e. The molecule has 0 radical (unpaired) electrons. The number of anilines is 2. The number of rotatable bonds is 5. The van der Waals surface area contributed by atoms with Crippen LogP contribution in [-0.4, -0.2) is 5.96 Å². The van der Waals surface area contributed by atoms with E-state index in [-0.39, 0.29) is 0 Å². The van der Waals surface area contributed by atoms with E-state index in [1.807, 2.05) is 0 Å². The average molecular weight is 456 g/mol. The van der Waals surface area contributed by atoms with Crippen LogP contribution in [-0.2, 0) is 0 Å². The van der Waals surface area contributed by atoms with Gasteiger partial charge in [0.05, 0.1) is 5.69 Å². The molecular weight excluding hydrogens is 414 g/mol. The predicted molar refractivity (Wildman–Crippen MR) is 150 cm³/mol. The molecule has 0 atom stereocenters. The summed E-state index contributed by atoms with van der Waals surface area (Å²) in [6.07, 6.45) is 0. The number of hydrogen-bond donors (Lipinski definition) is 2. The zero-order valence-electron chi connectivity index (χ0n) is 22.6. The first-order valence-electron chi connectivity index (χ1n) is 12.4. The Morgan fingerprint density at radius 1 is 0.618 bits per heavy atom. The maximum atomic E-state index is 5.19. The van der Waals surface area contributed by atoms with Gasteiger partial charge in [0.2, 0.25) is 5.96 Å². The quantitative estimate of drug-likeness (QED) is 0.297. The maximum absolute atomic E-state index is 5.19. The molecule has 0 amide bonds. The van der Waals surface area contributed by atoms with Crippen molar-refractivity contribution in [1.29, 1.82) is 0 Å². The fraction of sp³-hybridized carbons (Fsp3) is 0.387. The van der Waals surface area contributed by atoms with E-state index >= 15 is 0 Å². The van der Waals surface area contributed by atoms with E-state index in [4.69, 9.17) is 4.99 Å². The van der Waals surface area contributed by atoms with Gasteiger partial charge in [0, 0.05) is 11.4 Å². The van der Waals surface area contributed by atoms with Gasteiger partial charge in [-0.05, 0) is 86.8 Å². The molecule has 0 aliphatic carbocycles. The van der Waals surface area contributed by atoms with Gasteiger partial charge < -0.3 is 10.6 Å². The molecule has 3 rings (SSSR count). The van der Waals surface area contributed by atoms with Gasteiger partial charge in [0.1, 0.15) is 0 Å². The highest BCUT2D eigenvalue weighted by atomic mass is 15.2. The number of nitrogens with zero attached hydrogens (tertiary/aromatic N) is 1. The molecule has 2 N–H and O–H groups in total. The number of benzene rings is 3. The van der Waals surface area contributed by atoms with Gasteiger partial charge in [0.25, 0.3) is 0 Å². The summed E-state index contributed by atoms with van der Waals surface area (Å²) < 4.78 is 0. The van der Waals surface area contributed by atoms with Crippen LogP contribution < -0.4 is 10.6 Å². The van der Waals surface area contributed by atoms with E-state index in [0.717, 1.165) is 23.0 Å². The summed E-state index contributed by atoms with van der Waals surface area (Å²) in [7, 11) is 0. The van der Waals surface area contributed by atoms with E-state index in [0.29, 0.717) is 11.8 Å². The highest BCUT2D eigenvalue weighted by Gasteiger charge is 2.17. The van der Waals surface area contributed by atoms with Crippen LogP contribution in [0.3, 0.4) is 0 Å². The van der Waals surface area contributed by atoms with E-state index in [9.17, 15) is 0 Å². The lowest BCUT2D eigenvalue weighted by atomic mass is 9.92. The Kier molecular flexibility index (Phi) is 7.86. The van der Waals surface area contributed by atoms with Crippen molar-refractivity contribution in [2.75, 3.05) is 10.6 Å². The lowest BCUT2D eigenvalue weighted by Crippen LogP contribution is -2.25. The highest BCUT2D eigenvalue weighted by molar-refractivity contribution is 6.06. The van der Waals surface area contributed by atoms with Crippen molar-refractivity contribution in [2.24, 2.45) is 4.99 Å². The summed E-state index contributed by atoms with van der Waals surface area (Å²) in [5.41, 5.74) is 13.2. The molecule has 34 heavy (non-hydrogen) atoms. The monoisotopic (exact) mass is 455 g/mol. The Morgan fingerprint density at radius 3 is 1.47 bits per heavy atom. The Morgan fingerprint density at radius 2 is 1.03 bits per heavy atom. The highest BCUT2D eigenvalue weighted by Crippen LogP contribution is 2.34. The van der Waals surface area contributed by atoms with Crippen molar-refractivity contribution in [3.8, 4) is 0 Å². The Hall–Kier alpha value is -3.07. The van der Waals surface area contributed by atoms with Crippen molar-refractivity contribution in [2.45, 2.75) is 81.1 Å². The SMILES string of the molecule is Cc1cc(C)c(N=C(Nc2c(C)cc(C)cc2C)Nc2c(C(C)C)cccc2C(C)C)c(C)c1. The molecule has 0 bridgehead atoms. The van der Waals surface area contributed by atoms with Crippen molar-refractivity contribution in [3.63, 3.8) is 0 Å². The second kappa shape index (κ2) is 10.5. The van der Waals surface area contributed by atoms with Gasteiger partial charge in [-0.25, -0.2) is 4.99 Å². The fourth-order valence-electron chi connectivity index (χ4n) is 4.86. The summed E-state index contributed by atoms with van der Waals surface area (Å²) in [6.45, 7) is 21.9. The second-order valence-corrected chi connectivity index (χ2v) is 10.4. The van der Waals surface area contributed by atoms with Crippen LogP contribution >= 0.6 is 0 Å². The first kappa shape index (κ1) is 25.6. The molecule has 0 unspecified atom stereocenters. The van der Waals surface area contributed by atoms with Gasteiger partial charge in [-0.1, -0.05) is 81.3 Å². The summed E-state index contributed by atoms with van der Waals surface area (Å²) in [6, 6.07) is 15.5. The number of aryl methyl sites for hydroxylation is 6. The van der Waals surface area contributed by atoms with Crippen LogP contribution in [0.4, 0.5) is 17.1 Å². The molecule has 3 aromatic carbocycles. The van der Waals surface area contributed by atoms with E-state index in [1.165, 1.54) is 44.5 Å². The molecule has 0 saturated carbocycles. The van der Waals surface area contributed by atoms with Gasteiger partial charge in [-0.2, -0.15) is 0 Å². The molecule has 0 saturated heterocycles. The molecular formula is C31H41N3. The fourth-order valence-corrected chi connectivity index (χ4v) is 4.86. The number of para-hydroxylation sites is 1. The van der Waals surface area contributed by atoms with Crippen LogP contribution in [0.25, 0.3) is 0 Å². The molecule has 3 nitrogen and oxygen atoms in total. The molecule has 180 valence electrons. The zero-order chi connectivity index (χ0) is 25.2. The van der Waals surface area contributed by atoms with Crippen molar-refractivity contribution in [1.82, 2.24) is 0 Å². The topological polar surface area (TPSA) is 36.4 Å². The summed E-state index contributed by atoms with van der Waals surface area (Å²) in [5, 5.41) is 7.43. The van der Waals surface area contributed by atoms with Crippen LogP contribution in [0.15, 0.2) is 47.5 Å². The Bertz CT molecular complexity index is 1140. The molecule has 0 spiro atoms. The first-order valence-corrected chi connectivity index (χ1v) is 12.4. The zero-order valence-corrected chi connectivity index (χ0v) is 22.6. The number of aliphatic imine (C=N–C) groups is 1. The Labute approximate surface area is 206 Å². The summed E-state index contributed by atoms with van der Waals surface area (Å²) in [5.74, 6) is 1.54. The van der Waals surface area contributed by atoms with Gasteiger partial charge in [-0.15, -0.1) is 0 Å². The second-order valence-electron chi connectivity index (χ2n) is 10.4. The van der Waals surface area contributed by atoms with Gasteiger partial charge >= 0.3 is 0 Å². The average Bonchev–Trinajstić information content (AvgIpc) is 2.72. The van der Waals surface area contributed by atoms with Gasteiger partial charge in [-0.3, -0.25) is 0 Å². The van der Waals surface area contributed by atoms with Crippen LogP contribution in [0.1, 0.15) is 84.0 Å². The number of guanidine groups is 1. The number of hydrogen-bond acceptors (Lipinski definition) is 1. The van der Waals surface area contributed by atoms with Crippen LogP contribution in [0.5, 0.6) is 0 Å². The van der Waals surface area contributed by atoms with Crippen LogP contribution in [0, 0.1) is 41.5 Å². The molecule has 3 heteroatoms. The third kappa shape index (κ3) is 5.70. The molecule has 3 aromatic rings. The lowest BCUT2D eigenvalue weighted by Gasteiger charge is -2.23. The van der Waals surface area contributed by atoms with E-state index < -0.39 is 0 Å². The minimum Gasteiger partial charge on any atom is -0.325 e. The number of nitrogens with one attached hydrogen (secondary N) is 2.